The average molecular weight is 256 g/mol. The van der Waals surface area contributed by atoms with Gasteiger partial charge >= 0.3 is 0 Å². The van der Waals surface area contributed by atoms with Crippen molar-refractivity contribution in [2.75, 3.05) is 25.0 Å². The summed E-state index contributed by atoms with van der Waals surface area (Å²) in [6, 6.07) is 5.95. The van der Waals surface area contributed by atoms with E-state index in [0.717, 1.165) is 24.0 Å². The Morgan fingerprint density at radius 2 is 2.21 bits per heavy atom. The van der Waals surface area contributed by atoms with Crippen LogP contribution in [-0.2, 0) is 0 Å². The summed E-state index contributed by atoms with van der Waals surface area (Å²) in [4.78, 5) is 6.92. The Hall–Kier alpha value is -1.55. The zero-order valence-corrected chi connectivity index (χ0v) is 11.1. The standard InChI is InChI=1S/C15H20N4/c1-2-8-16-13(3-1)17-14-4-7-15(18-14)11-19-9-5-12(15)6-10-19/h1-4,8,12,18H,5-7,9-11H2,(H,16,17)/t15-/m0/s1. The molecule has 0 radical (unpaired) electrons. The van der Waals surface area contributed by atoms with Crippen molar-refractivity contribution in [3.8, 4) is 0 Å². The molecule has 5 rings (SSSR count). The Bertz CT molecular complexity index is 490. The molecule has 19 heavy (non-hydrogen) atoms. The smallest absolute Gasteiger partial charge is 0.131 e. The molecule has 2 bridgehead atoms. The van der Waals surface area contributed by atoms with Crippen LogP contribution in [-0.4, -0.2) is 35.1 Å². The summed E-state index contributed by atoms with van der Waals surface area (Å²) in [5, 5.41) is 7.15. The van der Waals surface area contributed by atoms with Crippen molar-refractivity contribution in [3.05, 3.63) is 36.3 Å². The van der Waals surface area contributed by atoms with Gasteiger partial charge in [-0.3, -0.25) is 0 Å². The van der Waals surface area contributed by atoms with Gasteiger partial charge < -0.3 is 15.5 Å². The monoisotopic (exact) mass is 256 g/mol. The second-order valence-electron chi connectivity index (χ2n) is 5.99. The highest BCUT2D eigenvalue weighted by Crippen LogP contribution is 2.41. The van der Waals surface area contributed by atoms with E-state index in [1.54, 1.807) is 0 Å². The van der Waals surface area contributed by atoms with Gasteiger partial charge in [0, 0.05) is 12.7 Å². The SMILES string of the molecule is C1=C(Nc2ccccn2)N[C@@]2(C1)CN1CCC2CC1. The second-order valence-corrected chi connectivity index (χ2v) is 5.99. The predicted molar refractivity (Wildman–Crippen MR) is 75.6 cm³/mol. The summed E-state index contributed by atoms with van der Waals surface area (Å²) in [5.74, 6) is 2.88. The van der Waals surface area contributed by atoms with Crippen LogP contribution in [0.5, 0.6) is 0 Å². The maximum Gasteiger partial charge on any atom is 0.131 e. The van der Waals surface area contributed by atoms with Crippen LogP contribution in [0.3, 0.4) is 0 Å². The first-order valence-corrected chi connectivity index (χ1v) is 7.23. The van der Waals surface area contributed by atoms with E-state index in [1.807, 2.05) is 24.4 Å². The zero-order chi connectivity index (χ0) is 12.7. The topological polar surface area (TPSA) is 40.2 Å². The third kappa shape index (κ3) is 1.91. The largest absolute Gasteiger partial charge is 0.365 e. The summed E-state index contributed by atoms with van der Waals surface area (Å²) < 4.78 is 0. The maximum atomic E-state index is 4.32. The van der Waals surface area contributed by atoms with Gasteiger partial charge in [0.05, 0.1) is 5.54 Å². The van der Waals surface area contributed by atoms with Crippen molar-refractivity contribution < 1.29 is 0 Å². The van der Waals surface area contributed by atoms with Crippen molar-refractivity contribution in [1.29, 1.82) is 0 Å². The summed E-state index contributed by atoms with van der Waals surface area (Å²) in [6.45, 7) is 3.77. The predicted octanol–water partition coefficient (Wildman–Crippen LogP) is 1.79. The van der Waals surface area contributed by atoms with Crippen LogP contribution in [0.15, 0.2) is 36.3 Å². The van der Waals surface area contributed by atoms with Crippen molar-refractivity contribution in [2.45, 2.75) is 24.8 Å². The van der Waals surface area contributed by atoms with E-state index < -0.39 is 0 Å². The zero-order valence-electron chi connectivity index (χ0n) is 11.1. The molecule has 1 atom stereocenters. The van der Waals surface area contributed by atoms with E-state index in [-0.39, 0.29) is 5.54 Å². The number of hydrogen-bond acceptors (Lipinski definition) is 4. The van der Waals surface area contributed by atoms with Crippen LogP contribution in [0.2, 0.25) is 0 Å². The van der Waals surface area contributed by atoms with Gasteiger partial charge in [-0.25, -0.2) is 4.98 Å². The first-order valence-electron chi connectivity index (χ1n) is 7.23. The summed E-state index contributed by atoms with van der Waals surface area (Å²) in [7, 11) is 0. The first kappa shape index (κ1) is 11.3. The van der Waals surface area contributed by atoms with Gasteiger partial charge in [0.2, 0.25) is 0 Å². The second kappa shape index (κ2) is 4.23. The molecule has 3 saturated heterocycles. The van der Waals surface area contributed by atoms with E-state index >= 15 is 0 Å². The van der Waals surface area contributed by atoms with Gasteiger partial charge in [-0.15, -0.1) is 0 Å². The van der Waals surface area contributed by atoms with Crippen LogP contribution < -0.4 is 10.6 Å². The third-order valence-corrected chi connectivity index (χ3v) is 4.86. The Balaban J connectivity index is 1.48. The molecule has 4 heteroatoms. The Labute approximate surface area is 113 Å². The van der Waals surface area contributed by atoms with Crippen molar-refractivity contribution in [2.24, 2.45) is 5.92 Å². The molecule has 0 amide bonds. The molecule has 1 spiro atoms. The van der Waals surface area contributed by atoms with E-state index in [2.05, 4.69) is 26.6 Å². The lowest BCUT2D eigenvalue weighted by molar-refractivity contribution is 0.0189. The molecular weight excluding hydrogens is 236 g/mol. The summed E-state index contributed by atoms with van der Waals surface area (Å²) in [5.41, 5.74) is 0.285. The van der Waals surface area contributed by atoms with Crippen molar-refractivity contribution >= 4 is 5.82 Å². The van der Waals surface area contributed by atoms with Gasteiger partial charge in [-0.1, -0.05) is 6.07 Å². The minimum Gasteiger partial charge on any atom is -0.365 e. The van der Waals surface area contributed by atoms with Gasteiger partial charge in [0.25, 0.3) is 0 Å². The molecule has 0 saturated carbocycles. The highest BCUT2D eigenvalue weighted by atomic mass is 15.3. The number of pyridine rings is 1. The molecule has 100 valence electrons. The molecule has 5 heterocycles. The Morgan fingerprint density at radius 3 is 2.89 bits per heavy atom. The number of fused-ring (bicyclic) bond motifs is 2. The highest BCUT2D eigenvalue weighted by Gasteiger charge is 2.48. The van der Waals surface area contributed by atoms with Gasteiger partial charge in [0.15, 0.2) is 0 Å². The van der Waals surface area contributed by atoms with Gasteiger partial charge in [-0.05, 0) is 56.5 Å². The lowest BCUT2D eigenvalue weighted by Gasteiger charge is -2.52. The summed E-state index contributed by atoms with van der Waals surface area (Å²) >= 11 is 0. The fraction of sp³-hybridized carbons (Fsp3) is 0.533. The van der Waals surface area contributed by atoms with Crippen LogP contribution >= 0.6 is 0 Å². The number of aromatic nitrogens is 1. The molecule has 0 aliphatic carbocycles. The number of anilines is 1. The number of nitrogens with zero attached hydrogens (tertiary/aromatic N) is 2. The molecule has 3 fully saturated rings. The number of hydrogen-bond donors (Lipinski definition) is 2. The fourth-order valence-electron chi connectivity index (χ4n) is 3.86. The third-order valence-electron chi connectivity index (χ3n) is 4.86. The molecule has 1 aromatic rings. The lowest BCUT2D eigenvalue weighted by atomic mass is 9.72. The minimum absolute atomic E-state index is 0.285. The number of piperidine rings is 3. The normalized spacial score (nSPS) is 36.1. The fourth-order valence-corrected chi connectivity index (χ4v) is 3.86. The molecular formula is C15H20N4. The van der Waals surface area contributed by atoms with Crippen LogP contribution in [0, 0.1) is 5.92 Å². The average Bonchev–Trinajstić information content (AvgIpc) is 2.84. The minimum atomic E-state index is 0.285. The highest BCUT2D eigenvalue weighted by molar-refractivity contribution is 5.42. The number of rotatable bonds is 2. The van der Waals surface area contributed by atoms with E-state index in [0.29, 0.717) is 0 Å². The van der Waals surface area contributed by atoms with Crippen LogP contribution in [0.4, 0.5) is 5.82 Å². The molecule has 2 N–H and O–H groups in total. The maximum absolute atomic E-state index is 4.32. The quantitative estimate of drug-likeness (QED) is 0.846. The van der Waals surface area contributed by atoms with E-state index in [1.165, 1.54) is 32.5 Å². The Morgan fingerprint density at radius 1 is 1.32 bits per heavy atom. The van der Waals surface area contributed by atoms with Crippen molar-refractivity contribution in [1.82, 2.24) is 15.2 Å². The molecule has 0 unspecified atom stereocenters. The van der Waals surface area contributed by atoms with Gasteiger partial charge in [-0.2, -0.15) is 0 Å². The van der Waals surface area contributed by atoms with Gasteiger partial charge in [0.1, 0.15) is 11.6 Å². The molecule has 4 aliphatic rings. The molecule has 0 aromatic carbocycles. The van der Waals surface area contributed by atoms with E-state index in [9.17, 15) is 0 Å². The number of nitrogens with one attached hydrogen (secondary N) is 2. The van der Waals surface area contributed by atoms with Crippen molar-refractivity contribution in [3.63, 3.8) is 0 Å². The molecule has 4 nitrogen and oxygen atoms in total. The first-order chi connectivity index (χ1) is 9.34. The van der Waals surface area contributed by atoms with E-state index in [4.69, 9.17) is 0 Å². The lowest BCUT2D eigenvalue weighted by Crippen LogP contribution is -2.64. The van der Waals surface area contributed by atoms with Crippen LogP contribution in [0.1, 0.15) is 19.3 Å². The summed E-state index contributed by atoms with van der Waals surface area (Å²) in [6.07, 6.45) is 7.96. The Kier molecular flexibility index (Phi) is 2.52. The molecule has 1 aromatic heterocycles. The molecule has 4 aliphatic heterocycles. The van der Waals surface area contributed by atoms with Crippen LogP contribution in [0.25, 0.3) is 0 Å².